The summed E-state index contributed by atoms with van der Waals surface area (Å²) >= 11 is 0. The number of carbonyl (C=O) groups is 2. The van der Waals surface area contributed by atoms with E-state index in [1.165, 1.54) is 0 Å². The number of rotatable bonds is 12. The monoisotopic (exact) mass is 302 g/mol. The maximum atomic E-state index is 11.8. The molecule has 0 heterocycles. The Hall–Kier alpha value is -1.30. The second kappa shape index (κ2) is 12.4. The van der Waals surface area contributed by atoms with Gasteiger partial charge in [-0.3, -0.25) is 4.79 Å². The molecule has 0 aromatic heterocycles. The molecule has 0 aromatic carbocycles. The molecular formula is C15H30N2O4. The standard InChI is InChI=1S/C15H30N2O4/c1-4-6-13(7-8-14(18)19)9-10-16-15(20)17(3)11-12-21-5-2/h13H,4-12H2,1-3H3,(H,16,20)(H,18,19). The molecule has 0 aliphatic rings. The van der Waals surface area contributed by atoms with E-state index in [0.717, 1.165) is 19.3 Å². The smallest absolute Gasteiger partial charge is 0.317 e. The van der Waals surface area contributed by atoms with Crippen LogP contribution in [0.2, 0.25) is 0 Å². The first-order valence-corrected chi connectivity index (χ1v) is 7.79. The van der Waals surface area contributed by atoms with Crippen LogP contribution in [0.3, 0.4) is 0 Å². The number of urea groups is 1. The van der Waals surface area contributed by atoms with Gasteiger partial charge in [0.25, 0.3) is 0 Å². The first-order chi connectivity index (χ1) is 10.0. The highest BCUT2D eigenvalue weighted by molar-refractivity contribution is 5.73. The molecule has 0 saturated heterocycles. The topological polar surface area (TPSA) is 78.9 Å². The van der Waals surface area contributed by atoms with E-state index in [-0.39, 0.29) is 12.5 Å². The van der Waals surface area contributed by atoms with Gasteiger partial charge in [-0.25, -0.2) is 4.79 Å². The van der Waals surface area contributed by atoms with Crippen LogP contribution in [0.15, 0.2) is 0 Å². The van der Waals surface area contributed by atoms with Crippen LogP contribution in [0, 0.1) is 5.92 Å². The van der Waals surface area contributed by atoms with Crippen LogP contribution in [0.25, 0.3) is 0 Å². The number of carbonyl (C=O) groups excluding carboxylic acids is 1. The quantitative estimate of drug-likeness (QED) is 0.542. The van der Waals surface area contributed by atoms with Crippen LogP contribution >= 0.6 is 0 Å². The molecule has 0 fully saturated rings. The summed E-state index contributed by atoms with van der Waals surface area (Å²) in [5.74, 6) is -0.393. The van der Waals surface area contributed by atoms with Gasteiger partial charge in [-0.1, -0.05) is 19.8 Å². The van der Waals surface area contributed by atoms with Gasteiger partial charge in [-0.2, -0.15) is 0 Å². The summed E-state index contributed by atoms with van der Waals surface area (Å²) in [6.07, 6.45) is 3.74. The van der Waals surface area contributed by atoms with Crippen LogP contribution in [-0.4, -0.2) is 55.4 Å². The van der Waals surface area contributed by atoms with Gasteiger partial charge in [-0.05, 0) is 25.7 Å². The fraction of sp³-hybridized carbons (Fsp3) is 0.867. The van der Waals surface area contributed by atoms with Crippen LogP contribution in [-0.2, 0) is 9.53 Å². The number of nitrogens with one attached hydrogen (secondary N) is 1. The van der Waals surface area contributed by atoms with Crippen molar-refractivity contribution in [1.29, 1.82) is 0 Å². The first-order valence-electron chi connectivity index (χ1n) is 7.79. The Kier molecular flexibility index (Phi) is 11.7. The second-order valence-electron chi connectivity index (χ2n) is 5.23. The highest BCUT2D eigenvalue weighted by Crippen LogP contribution is 2.17. The largest absolute Gasteiger partial charge is 0.481 e. The summed E-state index contributed by atoms with van der Waals surface area (Å²) in [4.78, 5) is 24.0. The minimum absolute atomic E-state index is 0.108. The Morgan fingerprint density at radius 3 is 2.52 bits per heavy atom. The molecule has 6 heteroatoms. The predicted molar refractivity (Wildman–Crippen MR) is 82.4 cm³/mol. The third-order valence-electron chi connectivity index (χ3n) is 3.41. The van der Waals surface area contributed by atoms with E-state index in [1.54, 1.807) is 11.9 Å². The molecule has 1 unspecified atom stereocenters. The molecule has 0 aliphatic carbocycles. The van der Waals surface area contributed by atoms with Crippen molar-refractivity contribution in [2.75, 3.05) is 33.4 Å². The average Bonchev–Trinajstić information content (AvgIpc) is 2.44. The zero-order valence-corrected chi connectivity index (χ0v) is 13.6. The van der Waals surface area contributed by atoms with Crippen molar-refractivity contribution < 1.29 is 19.4 Å². The van der Waals surface area contributed by atoms with Crippen molar-refractivity contribution in [1.82, 2.24) is 10.2 Å². The van der Waals surface area contributed by atoms with Gasteiger partial charge < -0.3 is 20.1 Å². The lowest BCUT2D eigenvalue weighted by molar-refractivity contribution is -0.137. The van der Waals surface area contributed by atoms with Gasteiger partial charge in [0, 0.05) is 33.2 Å². The number of nitrogens with zero attached hydrogens (tertiary/aromatic N) is 1. The maximum Gasteiger partial charge on any atom is 0.317 e. The van der Waals surface area contributed by atoms with E-state index >= 15 is 0 Å². The lowest BCUT2D eigenvalue weighted by Crippen LogP contribution is -2.39. The maximum absolute atomic E-state index is 11.8. The lowest BCUT2D eigenvalue weighted by atomic mass is 9.94. The summed E-state index contributed by atoms with van der Waals surface area (Å²) in [7, 11) is 1.74. The zero-order chi connectivity index (χ0) is 16.1. The highest BCUT2D eigenvalue weighted by Gasteiger charge is 2.12. The number of carboxylic acid groups (broad SMARTS) is 1. The minimum Gasteiger partial charge on any atom is -0.481 e. The number of carboxylic acids is 1. The lowest BCUT2D eigenvalue weighted by Gasteiger charge is -2.19. The van der Waals surface area contributed by atoms with Gasteiger partial charge >= 0.3 is 12.0 Å². The summed E-state index contributed by atoms with van der Waals surface area (Å²) in [6, 6.07) is -0.108. The molecule has 2 N–H and O–H groups in total. The molecule has 124 valence electrons. The number of hydrogen-bond donors (Lipinski definition) is 2. The van der Waals surface area contributed by atoms with Gasteiger partial charge in [0.1, 0.15) is 0 Å². The third kappa shape index (κ3) is 11.1. The van der Waals surface area contributed by atoms with Gasteiger partial charge in [0.2, 0.25) is 0 Å². The molecule has 0 spiro atoms. The Labute approximate surface area is 127 Å². The molecule has 0 saturated carbocycles. The summed E-state index contributed by atoms with van der Waals surface area (Å²) in [6.45, 7) is 6.35. The Morgan fingerprint density at radius 2 is 1.95 bits per heavy atom. The van der Waals surface area contributed by atoms with Crippen molar-refractivity contribution in [2.24, 2.45) is 5.92 Å². The van der Waals surface area contributed by atoms with E-state index < -0.39 is 5.97 Å². The second-order valence-corrected chi connectivity index (χ2v) is 5.23. The van der Waals surface area contributed by atoms with Gasteiger partial charge in [-0.15, -0.1) is 0 Å². The molecule has 2 amide bonds. The number of hydrogen-bond acceptors (Lipinski definition) is 3. The molecule has 0 radical (unpaired) electrons. The van der Waals surface area contributed by atoms with E-state index in [2.05, 4.69) is 12.2 Å². The van der Waals surface area contributed by atoms with Crippen molar-refractivity contribution in [2.45, 2.75) is 46.0 Å². The van der Waals surface area contributed by atoms with E-state index in [4.69, 9.17) is 9.84 Å². The van der Waals surface area contributed by atoms with Crippen LogP contribution < -0.4 is 5.32 Å². The molecule has 0 rings (SSSR count). The molecule has 21 heavy (non-hydrogen) atoms. The molecule has 0 aliphatic heterocycles. The Morgan fingerprint density at radius 1 is 1.24 bits per heavy atom. The minimum atomic E-state index is -0.754. The van der Waals surface area contributed by atoms with Crippen LogP contribution in [0.4, 0.5) is 4.79 Å². The zero-order valence-electron chi connectivity index (χ0n) is 13.6. The first kappa shape index (κ1) is 19.7. The number of amides is 2. The van der Waals surface area contributed by atoms with E-state index in [0.29, 0.717) is 38.6 Å². The number of aliphatic carboxylic acids is 1. The molecule has 1 atom stereocenters. The van der Waals surface area contributed by atoms with Crippen molar-refractivity contribution >= 4 is 12.0 Å². The molecule has 0 aromatic rings. The van der Waals surface area contributed by atoms with Gasteiger partial charge in [0.05, 0.1) is 6.61 Å². The molecular weight excluding hydrogens is 272 g/mol. The molecule has 6 nitrogen and oxygen atoms in total. The fourth-order valence-corrected chi connectivity index (χ4v) is 2.13. The average molecular weight is 302 g/mol. The summed E-state index contributed by atoms with van der Waals surface area (Å²) in [5, 5.41) is 11.6. The van der Waals surface area contributed by atoms with E-state index in [1.807, 2.05) is 6.92 Å². The Balaban J connectivity index is 3.89. The number of likely N-dealkylation sites (N-methyl/N-ethyl adjacent to an activating group) is 1. The summed E-state index contributed by atoms with van der Waals surface area (Å²) in [5.41, 5.74) is 0. The SMILES string of the molecule is CCCC(CCNC(=O)N(C)CCOCC)CCC(=O)O. The van der Waals surface area contributed by atoms with Crippen molar-refractivity contribution in [3.8, 4) is 0 Å². The van der Waals surface area contributed by atoms with Crippen molar-refractivity contribution in [3.05, 3.63) is 0 Å². The predicted octanol–water partition coefficient (Wildman–Crippen LogP) is 2.34. The van der Waals surface area contributed by atoms with Crippen LogP contribution in [0.5, 0.6) is 0 Å². The Bertz CT molecular complexity index is 297. The van der Waals surface area contributed by atoms with E-state index in [9.17, 15) is 9.59 Å². The number of ether oxygens (including phenoxy) is 1. The normalized spacial score (nSPS) is 12.0. The highest BCUT2D eigenvalue weighted by atomic mass is 16.5. The van der Waals surface area contributed by atoms with Crippen molar-refractivity contribution in [3.63, 3.8) is 0 Å². The van der Waals surface area contributed by atoms with Gasteiger partial charge in [0.15, 0.2) is 0 Å². The fourth-order valence-electron chi connectivity index (χ4n) is 2.13. The third-order valence-corrected chi connectivity index (χ3v) is 3.41. The van der Waals surface area contributed by atoms with Crippen LogP contribution in [0.1, 0.15) is 46.0 Å². The summed E-state index contributed by atoms with van der Waals surface area (Å²) < 4.78 is 5.21. The molecule has 0 bridgehead atoms.